The van der Waals surface area contributed by atoms with Crippen molar-refractivity contribution in [3.63, 3.8) is 0 Å². The molecule has 0 aliphatic heterocycles. The molecule has 1 aliphatic carbocycles. The molecule has 1 fully saturated rings. The highest BCUT2D eigenvalue weighted by Gasteiger charge is 2.42. The van der Waals surface area contributed by atoms with Gasteiger partial charge in [-0.25, -0.2) is 8.78 Å². The number of nitrogens with two attached hydrogens (primary N) is 1. The maximum absolute atomic E-state index is 13.0. The zero-order chi connectivity index (χ0) is 13.3. The van der Waals surface area contributed by atoms with Gasteiger partial charge in [0.05, 0.1) is 6.42 Å². The number of esters is 1. The third kappa shape index (κ3) is 4.98. The van der Waals surface area contributed by atoms with E-state index in [0.29, 0.717) is 0 Å². The molecule has 2 N–H and O–H groups in total. The molecule has 0 spiro atoms. The Bertz CT molecular complexity index is 287. The first-order chi connectivity index (χ1) is 7.52. The Morgan fingerprint density at radius 1 is 1.24 bits per heavy atom. The SMILES string of the molecule is CC(C)(C)OC(=O)CC1(N)CCC(F)(F)CC1. The van der Waals surface area contributed by atoms with E-state index in [0.717, 1.165) is 0 Å². The van der Waals surface area contributed by atoms with Crippen molar-refractivity contribution < 1.29 is 18.3 Å². The maximum Gasteiger partial charge on any atom is 0.308 e. The molecule has 1 saturated carbocycles. The molecule has 0 saturated heterocycles. The van der Waals surface area contributed by atoms with Crippen molar-refractivity contribution in [1.82, 2.24) is 0 Å². The Hall–Kier alpha value is -0.710. The second-order valence-electron chi connectivity index (χ2n) is 5.98. The Morgan fingerprint density at radius 3 is 2.12 bits per heavy atom. The molecule has 17 heavy (non-hydrogen) atoms. The first-order valence-electron chi connectivity index (χ1n) is 5.90. The van der Waals surface area contributed by atoms with Crippen LogP contribution in [0.5, 0.6) is 0 Å². The molecule has 0 aromatic heterocycles. The fourth-order valence-electron chi connectivity index (χ4n) is 1.96. The Kier molecular flexibility index (Phi) is 3.81. The van der Waals surface area contributed by atoms with Crippen LogP contribution in [-0.2, 0) is 9.53 Å². The van der Waals surface area contributed by atoms with Crippen LogP contribution in [0.1, 0.15) is 52.9 Å². The maximum atomic E-state index is 13.0. The number of hydrogen-bond acceptors (Lipinski definition) is 3. The lowest BCUT2D eigenvalue weighted by Gasteiger charge is -2.36. The molecule has 0 heterocycles. The molecule has 1 rings (SSSR count). The lowest BCUT2D eigenvalue weighted by molar-refractivity contribution is -0.157. The van der Waals surface area contributed by atoms with E-state index >= 15 is 0 Å². The summed E-state index contributed by atoms with van der Waals surface area (Å²) in [5.41, 5.74) is 4.57. The minimum atomic E-state index is -2.63. The van der Waals surface area contributed by atoms with Crippen LogP contribution in [0, 0.1) is 0 Å². The average Bonchev–Trinajstić information content (AvgIpc) is 2.08. The lowest BCUT2D eigenvalue weighted by atomic mass is 9.78. The lowest BCUT2D eigenvalue weighted by Crippen LogP contribution is -2.48. The van der Waals surface area contributed by atoms with Crippen LogP contribution in [-0.4, -0.2) is 23.0 Å². The first kappa shape index (κ1) is 14.4. The molecular weight excluding hydrogens is 228 g/mol. The Morgan fingerprint density at radius 2 is 1.71 bits per heavy atom. The van der Waals surface area contributed by atoms with Gasteiger partial charge in [-0.15, -0.1) is 0 Å². The highest BCUT2D eigenvalue weighted by molar-refractivity contribution is 5.71. The van der Waals surface area contributed by atoms with Gasteiger partial charge in [0.2, 0.25) is 5.92 Å². The summed E-state index contributed by atoms with van der Waals surface area (Å²) in [7, 11) is 0. The van der Waals surface area contributed by atoms with Crippen molar-refractivity contribution in [1.29, 1.82) is 0 Å². The van der Waals surface area contributed by atoms with Crippen LogP contribution in [0.2, 0.25) is 0 Å². The van der Waals surface area contributed by atoms with Gasteiger partial charge in [0, 0.05) is 18.4 Å². The second-order valence-corrected chi connectivity index (χ2v) is 5.98. The van der Waals surface area contributed by atoms with Gasteiger partial charge in [-0.05, 0) is 33.6 Å². The third-order valence-electron chi connectivity index (χ3n) is 2.89. The van der Waals surface area contributed by atoms with E-state index in [1.807, 2.05) is 0 Å². The Labute approximate surface area is 101 Å². The smallest absolute Gasteiger partial charge is 0.308 e. The molecule has 0 unspecified atom stereocenters. The standard InChI is InChI=1S/C12H21F2NO2/c1-10(2,3)17-9(16)8-11(15)4-6-12(13,14)7-5-11/h4-8,15H2,1-3H3. The van der Waals surface area contributed by atoms with Crippen molar-refractivity contribution >= 4 is 5.97 Å². The largest absolute Gasteiger partial charge is 0.460 e. The zero-order valence-corrected chi connectivity index (χ0v) is 10.7. The van der Waals surface area contributed by atoms with Crippen LogP contribution in [0.15, 0.2) is 0 Å². The van der Waals surface area contributed by atoms with Crippen LogP contribution in [0.25, 0.3) is 0 Å². The normalized spacial score (nSPS) is 23.2. The molecule has 0 bridgehead atoms. The van der Waals surface area contributed by atoms with Crippen LogP contribution in [0.4, 0.5) is 8.78 Å². The molecule has 100 valence electrons. The summed E-state index contributed by atoms with van der Waals surface area (Å²) in [6.45, 7) is 5.30. The average molecular weight is 249 g/mol. The molecule has 1 aliphatic rings. The van der Waals surface area contributed by atoms with E-state index in [1.165, 1.54) is 0 Å². The predicted molar refractivity (Wildman–Crippen MR) is 60.8 cm³/mol. The highest BCUT2D eigenvalue weighted by Crippen LogP contribution is 2.38. The number of carbonyl (C=O) groups is 1. The van der Waals surface area contributed by atoms with Gasteiger partial charge >= 0.3 is 5.97 Å². The number of hydrogen-bond donors (Lipinski definition) is 1. The molecule has 0 amide bonds. The van der Waals surface area contributed by atoms with Crippen LogP contribution < -0.4 is 5.73 Å². The molecule has 0 aromatic rings. The van der Waals surface area contributed by atoms with E-state index < -0.39 is 23.0 Å². The highest BCUT2D eigenvalue weighted by atomic mass is 19.3. The summed E-state index contributed by atoms with van der Waals surface area (Å²) in [6.07, 6.45) is -0.141. The van der Waals surface area contributed by atoms with Crippen molar-refractivity contribution in [3.8, 4) is 0 Å². The van der Waals surface area contributed by atoms with Crippen molar-refractivity contribution in [2.24, 2.45) is 5.73 Å². The van der Waals surface area contributed by atoms with E-state index in [9.17, 15) is 13.6 Å². The molecule has 3 nitrogen and oxygen atoms in total. The minimum Gasteiger partial charge on any atom is -0.460 e. The summed E-state index contributed by atoms with van der Waals surface area (Å²) in [6, 6.07) is 0. The number of carbonyl (C=O) groups excluding carboxylic acids is 1. The molecule has 5 heteroatoms. The monoisotopic (exact) mass is 249 g/mol. The number of ether oxygens (including phenoxy) is 1. The summed E-state index contributed by atoms with van der Waals surface area (Å²) in [4.78, 5) is 11.6. The van der Waals surface area contributed by atoms with E-state index in [2.05, 4.69) is 0 Å². The Balaban J connectivity index is 2.49. The van der Waals surface area contributed by atoms with Gasteiger partial charge in [-0.1, -0.05) is 0 Å². The van der Waals surface area contributed by atoms with Gasteiger partial charge < -0.3 is 10.5 Å². The van der Waals surface area contributed by atoms with E-state index in [1.54, 1.807) is 20.8 Å². The summed E-state index contributed by atoms with van der Waals surface area (Å²) >= 11 is 0. The van der Waals surface area contributed by atoms with Crippen molar-refractivity contribution in [2.75, 3.05) is 0 Å². The van der Waals surface area contributed by atoms with Crippen LogP contribution in [0.3, 0.4) is 0 Å². The van der Waals surface area contributed by atoms with Gasteiger partial charge in [0.15, 0.2) is 0 Å². The first-order valence-corrected chi connectivity index (χ1v) is 5.90. The van der Waals surface area contributed by atoms with Gasteiger partial charge in [0.1, 0.15) is 5.60 Å². The quantitative estimate of drug-likeness (QED) is 0.765. The summed E-state index contributed by atoms with van der Waals surface area (Å²) in [5, 5.41) is 0. The number of rotatable bonds is 2. The molecular formula is C12H21F2NO2. The summed E-state index contributed by atoms with van der Waals surface area (Å²) in [5.74, 6) is -3.04. The fraction of sp³-hybridized carbons (Fsp3) is 0.917. The van der Waals surface area contributed by atoms with E-state index in [4.69, 9.17) is 10.5 Å². The fourth-order valence-corrected chi connectivity index (χ4v) is 1.96. The van der Waals surface area contributed by atoms with Gasteiger partial charge in [0.25, 0.3) is 0 Å². The molecule has 0 atom stereocenters. The van der Waals surface area contributed by atoms with E-state index in [-0.39, 0.29) is 32.1 Å². The van der Waals surface area contributed by atoms with Crippen molar-refractivity contribution in [3.05, 3.63) is 0 Å². The van der Waals surface area contributed by atoms with Crippen LogP contribution >= 0.6 is 0 Å². The van der Waals surface area contributed by atoms with Gasteiger partial charge in [-0.2, -0.15) is 0 Å². The zero-order valence-electron chi connectivity index (χ0n) is 10.7. The second kappa shape index (κ2) is 4.52. The topological polar surface area (TPSA) is 52.3 Å². The number of halogens is 2. The minimum absolute atomic E-state index is 0.0142. The molecule has 0 radical (unpaired) electrons. The third-order valence-corrected chi connectivity index (χ3v) is 2.89. The van der Waals surface area contributed by atoms with Gasteiger partial charge in [-0.3, -0.25) is 4.79 Å². The van der Waals surface area contributed by atoms with Crippen molar-refractivity contribution in [2.45, 2.75) is 69.9 Å². The number of alkyl halides is 2. The molecule has 0 aromatic carbocycles. The summed E-state index contributed by atoms with van der Waals surface area (Å²) < 4.78 is 31.1. The predicted octanol–water partition coefficient (Wildman–Crippen LogP) is 2.63.